The fourth-order valence-electron chi connectivity index (χ4n) is 4.51. The Labute approximate surface area is 196 Å². The summed E-state index contributed by atoms with van der Waals surface area (Å²) >= 11 is 1.63. The van der Waals surface area contributed by atoms with Gasteiger partial charge in [-0.3, -0.25) is 14.9 Å². The Morgan fingerprint density at radius 3 is 2.73 bits per heavy atom. The van der Waals surface area contributed by atoms with Crippen LogP contribution in [0.1, 0.15) is 55.9 Å². The zero-order valence-electron chi connectivity index (χ0n) is 18.8. The van der Waals surface area contributed by atoms with E-state index in [1.807, 2.05) is 31.4 Å². The Balaban J connectivity index is 1.80. The van der Waals surface area contributed by atoms with Gasteiger partial charge in [-0.05, 0) is 36.3 Å². The molecule has 0 radical (unpaired) electrons. The molecule has 0 amide bonds. The predicted molar refractivity (Wildman–Crippen MR) is 126 cm³/mol. The molecular weight excluding hydrogens is 440 g/mol. The Kier molecular flexibility index (Phi) is 6.47. The zero-order valence-corrected chi connectivity index (χ0v) is 19.6. The number of nitro groups is 1. The van der Waals surface area contributed by atoms with Crippen molar-refractivity contribution < 1.29 is 19.2 Å². The molecule has 33 heavy (non-hydrogen) atoms. The highest BCUT2D eigenvalue weighted by Gasteiger charge is 2.42. The molecule has 0 spiro atoms. The highest BCUT2D eigenvalue weighted by Crippen LogP contribution is 2.46. The number of ether oxygens (including phenoxy) is 1. The lowest BCUT2D eigenvalue weighted by Crippen LogP contribution is -2.36. The summed E-state index contributed by atoms with van der Waals surface area (Å²) in [7, 11) is 0. The number of carbonyl (C=O) groups excluding carboxylic acids is 2. The number of esters is 1. The van der Waals surface area contributed by atoms with Crippen LogP contribution in [-0.4, -0.2) is 23.3 Å². The quantitative estimate of drug-likeness (QED) is 0.356. The Morgan fingerprint density at radius 1 is 1.27 bits per heavy atom. The molecule has 0 unspecified atom stereocenters. The van der Waals surface area contributed by atoms with Crippen molar-refractivity contribution in [2.75, 3.05) is 6.61 Å². The maximum Gasteiger partial charge on any atom is 0.336 e. The van der Waals surface area contributed by atoms with Crippen LogP contribution in [0.3, 0.4) is 0 Å². The van der Waals surface area contributed by atoms with E-state index in [2.05, 4.69) is 5.32 Å². The van der Waals surface area contributed by atoms with Gasteiger partial charge < -0.3 is 10.1 Å². The average Bonchev–Trinajstić information content (AvgIpc) is 3.31. The highest BCUT2D eigenvalue weighted by molar-refractivity contribution is 7.10. The van der Waals surface area contributed by atoms with E-state index in [0.717, 1.165) is 10.6 Å². The molecule has 1 aromatic heterocycles. The van der Waals surface area contributed by atoms with Crippen molar-refractivity contribution >= 4 is 28.8 Å². The standard InChI is InChI=1S/C25H26N2O5S/c1-14(2)13-32-25(29)22-15(3)26-19-11-17(21-8-5-9-33-21)12-20(28)24(19)23(22)16-6-4-7-18(10-16)27(30)31/h4-10,14,17,23,26H,11-13H2,1-3H3/t17-,23+/m1/s1. The number of Topliss-reactive ketones (excluding diaryl/α,β-unsaturated/α-hetero) is 1. The van der Waals surface area contributed by atoms with Crippen LogP contribution in [0.2, 0.25) is 0 Å². The summed E-state index contributed by atoms with van der Waals surface area (Å²) in [4.78, 5) is 38.7. The highest BCUT2D eigenvalue weighted by atomic mass is 32.1. The molecule has 2 aromatic rings. The predicted octanol–water partition coefficient (Wildman–Crippen LogP) is 5.22. The molecule has 0 saturated heterocycles. The smallest absolute Gasteiger partial charge is 0.336 e. The first-order valence-electron chi connectivity index (χ1n) is 10.9. The zero-order chi connectivity index (χ0) is 23.7. The second-order valence-corrected chi connectivity index (χ2v) is 9.86. The molecule has 2 aliphatic rings. The number of non-ortho nitro benzene ring substituents is 1. The van der Waals surface area contributed by atoms with Gasteiger partial charge in [0.25, 0.3) is 5.69 Å². The molecule has 1 N–H and O–H groups in total. The van der Waals surface area contributed by atoms with Crippen LogP contribution < -0.4 is 5.32 Å². The van der Waals surface area contributed by atoms with E-state index in [9.17, 15) is 19.7 Å². The number of hydrogen-bond acceptors (Lipinski definition) is 7. The first-order valence-corrected chi connectivity index (χ1v) is 11.8. The Hall–Kier alpha value is -3.26. The molecule has 1 aliphatic carbocycles. The lowest BCUT2D eigenvalue weighted by Gasteiger charge is -2.36. The van der Waals surface area contributed by atoms with Crippen LogP contribution in [0.4, 0.5) is 5.69 Å². The second-order valence-electron chi connectivity index (χ2n) is 8.88. The van der Waals surface area contributed by atoms with Crippen molar-refractivity contribution in [3.8, 4) is 0 Å². The fourth-order valence-corrected chi connectivity index (χ4v) is 5.34. The van der Waals surface area contributed by atoms with Crippen LogP contribution in [-0.2, 0) is 14.3 Å². The number of benzene rings is 1. The van der Waals surface area contributed by atoms with Crippen molar-refractivity contribution in [1.82, 2.24) is 5.32 Å². The maximum atomic E-state index is 13.5. The number of carbonyl (C=O) groups is 2. The number of nitrogens with one attached hydrogen (secondary N) is 1. The maximum absolute atomic E-state index is 13.5. The summed E-state index contributed by atoms with van der Waals surface area (Å²) < 4.78 is 5.53. The fraction of sp³-hybridized carbons (Fsp3) is 0.360. The number of nitrogens with zero attached hydrogens (tertiary/aromatic N) is 1. The second kappa shape index (κ2) is 9.31. The number of allylic oxidation sites excluding steroid dienone is 3. The van der Waals surface area contributed by atoms with Gasteiger partial charge in [-0.15, -0.1) is 11.3 Å². The van der Waals surface area contributed by atoms with Crippen LogP contribution in [0.25, 0.3) is 0 Å². The summed E-state index contributed by atoms with van der Waals surface area (Å²) in [6, 6.07) is 10.2. The number of thiophene rings is 1. The molecule has 172 valence electrons. The molecule has 7 nitrogen and oxygen atoms in total. The Bertz CT molecular complexity index is 1160. The van der Waals surface area contributed by atoms with Crippen LogP contribution in [0.5, 0.6) is 0 Å². The summed E-state index contributed by atoms with van der Waals surface area (Å²) in [5.41, 5.74) is 2.68. The minimum atomic E-state index is -0.711. The molecule has 2 heterocycles. The van der Waals surface area contributed by atoms with Gasteiger partial charge in [0.05, 0.1) is 17.1 Å². The van der Waals surface area contributed by atoms with E-state index in [1.165, 1.54) is 12.1 Å². The van der Waals surface area contributed by atoms with Crippen molar-refractivity contribution in [3.05, 3.63) is 84.9 Å². The van der Waals surface area contributed by atoms with Crippen LogP contribution in [0, 0.1) is 16.0 Å². The number of ketones is 1. The summed E-state index contributed by atoms with van der Waals surface area (Å²) in [6.45, 7) is 5.93. The molecule has 1 aliphatic heterocycles. The molecular formula is C25H26N2O5S. The lowest BCUT2D eigenvalue weighted by atomic mass is 9.72. The van der Waals surface area contributed by atoms with E-state index in [-0.39, 0.29) is 29.9 Å². The van der Waals surface area contributed by atoms with E-state index in [1.54, 1.807) is 30.4 Å². The van der Waals surface area contributed by atoms with Gasteiger partial charge in [-0.25, -0.2) is 4.79 Å². The van der Waals surface area contributed by atoms with Crippen molar-refractivity contribution in [2.45, 2.75) is 45.4 Å². The van der Waals surface area contributed by atoms with Crippen molar-refractivity contribution in [1.29, 1.82) is 0 Å². The van der Waals surface area contributed by atoms with Gasteiger partial charge in [0, 0.05) is 52.2 Å². The minimum absolute atomic E-state index is 0.0553. The average molecular weight is 467 g/mol. The monoisotopic (exact) mass is 466 g/mol. The van der Waals surface area contributed by atoms with Crippen LogP contribution >= 0.6 is 11.3 Å². The third-order valence-electron chi connectivity index (χ3n) is 5.96. The SMILES string of the molecule is CC1=C(C(=O)OCC(C)C)[C@H](c2cccc([N+](=O)[O-])c2)C2=C(C[C@@H](c3cccs3)CC2=O)N1. The lowest BCUT2D eigenvalue weighted by molar-refractivity contribution is -0.384. The van der Waals surface area contributed by atoms with E-state index < -0.39 is 16.8 Å². The number of dihydropyridines is 1. The third-order valence-corrected chi connectivity index (χ3v) is 6.99. The summed E-state index contributed by atoms with van der Waals surface area (Å²) in [6.07, 6.45) is 0.971. The van der Waals surface area contributed by atoms with E-state index in [0.29, 0.717) is 35.2 Å². The largest absolute Gasteiger partial charge is 0.462 e. The normalized spacial score (nSPS) is 20.5. The first kappa shape index (κ1) is 22.9. The van der Waals surface area contributed by atoms with Gasteiger partial charge in [0.15, 0.2) is 5.78 Å². The molecule has 4 rings (SSSR count). The van der Waals surface area contributed by atoms with E-state index in [4.69, 9.17) is 4.74 Å². The van der Waals surface area contributed by atoms with Crippen molar-refractivity contribution in [3.63, 3.8) is 0 Å². The minimum Gasteiger partial charge on any atom is -0.462 e. The van der Waals surface area contributed by atoms with Gasteiger partial charge in [-0.1, -0.05) is 32.0 Å². The summed E-state index contributed by atoms with van der Waals surface area (Å²) in [5, 5.41) is 16.7. The van der Waals surface area contributed by atoms with Gasteiger partial charge in [-0.2, -0.15) is 0 Å². The topological polar surface area (TPSA) is 98.5 Å². The molecule has 0 saturated carbocycles. The van der Waals surface area contributed by atoms with Crippen molar-refractivity contribution in [2.24, 2.45) is 5.92 Å². The van der Waals surface area contributed by atoms with E-state index >= 15 is 0 Å². The van der Waals surface area contributed by atoms with Gasteiger partial charge in [0.1, 0.15) is 0 Å². The third kappa shape index (κ3) is 4.61. The number of hydrogen-bond donors (Lipinski definition) is 1. The first-order chi connectivity index (χ1) is 15.8. The number of rotatable bonds is 6. The molecule has 1 aromatic carbocycles. The molecule has 8 heteroatoms. The van der Waals surface area contributed by atoms with Gasteiger partial charge in [0.2, 0.25) is 0 Å². The Morgan fingerprint density at radius 2 is 2.06 bits per heavy atom. The molecule has 0 fully saturated rings. The number of nitro benzene ring substituents is 1. The van der Waals surface area contributed by atoms with Gasteiger partial charge >= 0.3 is 5.97 Å². The van der Waals surface area contributed by atoms with Crippen LogP contribution in [0.15, 0.2) is 64.3 Å². The summed E-state index contributed by atoms with van der Waals surface area (Å²) in [5.74, 6) is -1.06. The molecule has 0 bridgehead atoms. The molecule has 2 atom stereocenters.